The first-order valence-electron chi connectivity index (χ1n) is 6.88. The van der Waals surface area contributed by atoms with Gasteiger partial charge in [-0.1, -0.05) is 19.9 Å². The monoisotopic (exact) mass is 282 g/mol. The zero-order valence-electron chi connectivity index (χ0n) is 11.7. The fraction of sp³-hybridized carbons (Fsp3) is 0.533. The normalized spacial score (nSPS) is 12.7. The van der Waals surface area contributed by atoms with Gasteiger partial charge in [-0.25, -0.2) is 0 Å². The minimum absolute atomic E-state index is 0. The minimum Gasteiger partial charge on any atom is -0.339 e. The van der Waals surface area contributed by atoms with Crippen molar-refractivity contribution in [3.05, 3.63) is 34.9 Å². The predicted molar refractivity (Wildman–Crippen MR) is 80.7 cm³/mol. The zero-order valence-corrected chi connectivity index (χ0v) is 12.6. The molecule has 0 aromatic heterocycles. The van der Waals surface area contributed by atoms with E-state index in [1.54, 1.807) is 0 Å². The van der Waals surface area contributed by atoms with Crippen molar-refractivity contribution in [3.63, 3.8) is 0 Å². The summed E-state index contributed by atoms with van der Waals surface area (Å²) in [6, 6.07) is 6.10. The second-order valence-corrected chi connectivity index (χ2v) is 4.88. The van der Waals surface area contributed by atoms with Gasteiger partial charge in [0.2, 0.25) is 0 Å². The molecule has 0 fully saturated rings. The minimum atomic E-state index is 0. The smallest absolute Gasteiger partial charge is 0.253 e. The Hall–Kier alpha value is -1.06. The van der Waals surface area contributed by atoms with Gasteiger partial charge >= 0.3 is 0 Å². The Morgan fingerprint density at radius 2 is 1.79 bits per heavy atom. The summed E-state index contributed by atoms with van der Waals surface area (Å²) in [5, 5.41) is 3.31. The molecule has 0 atom stereocenters. The number of rotatable bonds is 5. The van der Waals surface area contributed by atoms with E-state index in [2.05, 4.69) is 31.3 Å². The number of nitrogens with one attached hydrogen (secondary N) is 1. The molecule has 106 valence electrons. The number of nitrogens with zero attached hydrogens (tertiary/aromatic N) is 1. The van der Waals surface area contributed by atoms with Crippen LogP contribution in [0.5, 0.6) is 0 Å². The molecule has 1 heterocycles. The lowest BCUT2D eigenvalue weighted by atomic mass is 10.1. The molecule has 0 unspecified atom stereocenters. The molecule has 0 bridgehead atoms. The summed E-state index contributed by atoms with van der Waals surface area (Å²) in [6.45, 7) is 7.74. The van der Waals surface area contributed by atoms with Crippen molar-refractivity contribution >= 4 is 18.3 Å². The van der Waals surface area contributed by atoms with Crippen LogP contribution >= 0.6 is 12.4 Å². The van der Waals surface area contributed by atoms with E-state index in [1.807, 2.05) is 11.0 Å². The average molecular weight is 283 g/mol. The standard InChI is InChI=1S/C15H22N2O.ClH/c1-3-7-17(8-4-2)15(18)12-5-6-13-10-16-11-14(13)9-12;/h5-6,9,16H,3-4,7-8,10-11H2,1-2H3;1H. The number of halogens is 1. The second-order valence-electron chi connectivity index (χ2n) is 4.88. The summed E-state index contributed by atoms with van der Waals surface area (Å²) >= 11 is 0. The Labute approximate surface area is 121 Å². The SMILES string of the molecule is CCCN(CCC)C(=O)c1ccc2c(c1)CNC2.Cl. The topological polar surface area (TPSA) is 32.3 Å². The lowest BCUT2D eigenvalue weighted by molar-refractivity contribution is 0.0755. The molecule has 0 spiro atoms. The third-order valence-electron chi connectivity index (χ3n) is 3.36. The number of fused-ring (bicyclic) bond motifs is 1. The van der Waals surface area contributed by atoms with Crippen LogP contribution in [-0.4, -0.2) is 23.9 Å². The maximum absolute atomic E-state index is 12.4. The van der Waals surface area contributed by atoms with Gasteiger partial charge in [-0.15, -0.1) is 12.4 Å². The maximum Gasteiger partial charge on any atom is 0.253 e. The maximum atomic E-state index is 12.4. The van der Waals surface area contributed by atoms with E-state index in [0.717, 1.165) is 44.6 Å². The number of benzene rings is 1. The molecule has 0 saturated carbocycles. The molecule has 19 heavy (non-hydrogen) atoms. The van der Waals surface area contributed by atoms with Crippen LogP contribution in [0.2, 0.25) is 0 Å². The largest absolute Gasteiger partial charge is 0.339 e. The van der Waals surface area contributed by atoms with Gasteiger partial charge in [0, 0.05) is 31.7 Å². The first kappa shape index (κ1) is 16.0. The molecule has 4 heteroatoms. The van der Waals surface area contributed by atoms with E-state index in [4.69, 9.17) is 0 Å². The Kier molecular flexibility index (Phi) is 6.32. The molecule has 2 rings (SSSR count). The van der Waals surface area contributed by atoms with E-state index in [1.165, 1.54) is 11.1 Å². The Morgan fingerprint density at radius 1 is 1.16 bits per heavy atom. The van der Waals surface area contributed by atoms with Crippen LogP contribution in [0.1, 0.15) is 48.2 Å². The van der Waals surface area contributed by atoms with Gasteiger partial charge in [0.1, 0.15) is 0 Å². The van der Waals surface area contributed by atoms with Gasteiger partial charge in [0.05, 0.1) is 0 Å². The van der Waals surface area contributed by atoms with Crippen molar-refractivity contribution in [2.75, 3.05) is 13.1 Å². The van der Waals surface area contributed by atoms with Crippen molar-refractivity contribution in [1.29, 1.82) is 0 Å². The van der Waals surface area contributed by atoms with Crippen LogP contribution in [0.4, 0.5) is 0 Å². The lowest BCUT2D eigenvalue weighted by Gasteiger charge is -2.21. The highest BCUT2D eigenvalue weighted by Crippen LogP contribution is 2.18. The molecule has 1 aromatic carbocycles. The average Bonchev–Trinajstić information content (AvgIpc) is 2.84. The van der Waals surface area contributed by atoms with Crippen molar-refractivity contribution in [2.45, 2.75) is 39.8 Å². The van der Waals surface area contributed by atoms with Crippen LogP contribution in [0.3, 0.4) is 0 Å². The van der Waals surface area contributed by atoms with E-state index in [-0.39, 0.29) is 18.3 Å². The van der Waals surface area contributed by atoms with Gasteiger partial charge < -0.3 is 10.2 Å². The van der Waals surface area contributed by atoms with Gasteiger partial charge in [0.15, 0.2) is 0 Å². The van der Waals surface area contributed by atoms with Crippen LogP contribution in [0, 0.1) is 0 Å². The molecular weight excluding hydrogens is 260 g/mol. The molecule has 1 aliphatic rings. The van der Waals surface area contributed by atoms with Crippen LogP contribution < -0.4 is 5.32 Å². The first-order valence-corrected chi connectivity index (χ1v) is 6.88. The summed E-state index contributed by atoms with van der Waals surface area (Å²) in [5.41, 5.74) is 3.43. The molecule has 0 aliphatic carbocycles. The number of hydrogen-bond donors (Lipinski definition) is 1. The van der Waals surface area contributed by atoms with E-state index < -0.39 is 0 Å². The Balaban J connectivity index is 0.00000180. The second kappa shape index (κ2) is 7.51. The molecule has 3 nitrogen and oxygen atoms in total. The third-order valence-corrected chi connectivity index (χ3v) is 3.36. The van der Waals surface area contributed by atoms with Crippen LogP contribution in [0.25, 0.3) is 0 Å². The van der Waals surface area contributed by atoms with Crippen LogP contribution in [0.15, 0.2) is 18.2 Å². The van der Waals surface area contributed by atoms with Crippen molar-refractivity contribution < 1.29 is 4.79 Å². The molecule has 1 aliphatic heterocycles. The van der Waals surface area contributed by atoms with Gasteiger partial charge in [-0.2, -0.15) is 0 Å². The zero-order chi connectivity index (χ0) is 13.0. The highest BCUT2D eigenvalue weighted by atomic mass is 35.5. The van der Waals surface area contributed by atoms with Gasteiger partial charge in [-0.05, 0) is 36.1 Å². The van der Waals surface area contributed by atoms with Crippen molar-refractivity contribution in [2.24, 2.45) is 0 Å². The lowest BCUT2D eigenvalue weighted by Crippen LogP contribution is -2.32. The van der Waals surface area contributed by atoms with Crippen molar-refractivity contribution in [3.8, 4) is 0 Å². The van der Waals surface area contributed by atoms with E-state index >= 15 is 0 Å². The van der Waals surface area contributed by atoms with Crippen molar-refractivity contribution in [1.82, 2.24) is 10.2 Å². The molecular formula is C15H23ClN2O. The number of carbonyl (C=O) groups is 1. The van der Waals surface area contributed by atoms with Gasteiger partial charge in [0.25, 0.3) is 5.91 Å². The Bertz CT molecular complexity index is 428. The van der Waals surface area contributed by atoms with E-state index in [9.17, 15) is 4.79 Å². The highest BCUT2D eigenvalue weighted by Gasteiger charge is 2.17. The summed E-state index contributed by atoms with van der Waals surface area (Å²) in [5.74, 6) is 0.174. The summed E-state index contributed by atoms with van der Waals surface area (Å²) in [7, 11) is 0. The number of hydrogen-bond acceptors (Lipinski definition) is 2. The molecule has 1 aromatic rings. The fourth-order valence-corrected chi connectivity index (χ4v) is 2.47. The Morgan fingerprint density at radius 3 is 2.42 bits per heavy atom. The number of amides is 1. The first-order chi connectivity index (χ1) is 8.76. The quantitative estimate of drug-likeness (QED) is 0.900. The third kappa shape index (κ3) is 3.71. The van der Waals surface area contributed by atoms with E-state index in [0.29, 0.717) is 0 Å². The molecule has 0 saturated heterocycles. The van der Waals surface area contributed by atoms with Crippen LogP contribution in [-0.2, 0) is 13.1 Å². The molecule has 0 radical (unpaired) electrons. The number of carbonyl (C=O) groups excluding carboxylic acids is 1. The summed E-state index contributed by atoms with van der Waals surface area (Å²) < 4.78 is 0. The molecule has 1 amide bonds. The molecule has 1 N–H and O–H groups in total. The van der Waals surface area contributed by atoms with Gasteiger partial charge in [-0.3, -0.25) is 4.79 Å². The summed E-state index contributed by atoms with van der Waals surface area (Å²) in [4.78, 5) is 14.4. The summed E-state index contributed by atoms with van der Waals surface area (Å²) in [6.07, 6.45) is 2.02. The predicted octanol–water partition coefficient (Wildman–Crippen LogP) is 2.97. The fourth-order valence-electron chi connectivity index (χ4n) is 2.47. The highest BCUT2D eigenvalue weighted by molar-refractivity contribution is 5.94.